The molecule has 2 N–H and O–H groups in total. The van der Waals surface area contributed by atoms with Crippen LogP contribution in [0, 0.1) is 11.2 Å². The van der Waals surface area contributed by atoms with Crippen LogP contribution in [0.2, 0.25) is 0 Å². The van der Waals surface area contributed by atoms with Gasteiger partial charge in [-0.15, -0.1) is 16.0 Å². The molecule has 39 heavy (non-hydrogen) atoms. The molecule has 1 aromatic heterocycles. The minimum atomic E-state index is -1.11. The smallest absolute Gasteiger partial charge is 0.353 e. The summed E-state index contributed by atoms with van der Waals surface area (Å²) in [5.74, 6) is -3.07. The Bertz CT molecular complexity index is 1390. The Hall–Kier alpha value is -4.07. The lowest BCUT2D eigenvalue weighted by atomic mass is 9.77. The molecule has 0 aliphatic rings. The number of amides is 1. The van der Waals surface area contributed by atoms with Crippen LogP contribution in [0.4, 0.5) is 4.39 Å². The van der Waals surface area contributed by atoms with Crippen LogP contribution in [0.5, 0.6) is 5.75 Å². The van der Waals surface area contributed by atoms with Crippen LogP contribution in [-0.4, -0.2) is 41.4 Å². The lowest BCUT2D eigenvalue weighted by molar-refractivity contribution is -0.144. The molecule has 1 atom stereocenters. The largest absolute Gasteiger partial charge is 0.480 e. The number of benzene rings is 2. The Morgan fingerprint density at radius 3 is 2.38 bits per heavy atom. The summed E-state index contributed by atoms with van der Waals surface area (Å²) in [5, 5.41) is 12.5. The molecule has 0 bridgehead atoms. The number of carbonyl (C=O) groups excluding carboxylic acids is 2. The summed E-state index contributed by atoms with van der Waals surface area (Å²) < 4.78 is 23.5. The van der Waals surface area contributed by atoms with E-state index in [9.17, 15) is 23.9 Å². The molecular weight excluding hydrogens is 519 g/mol. The normalized spacial score (nSPS) is 11.8. The highest BCUT2D eigenvalue weighted by Gasteiger charge is 2.38. The zero-order chi connectivity index (χ0) is 28.6. The van der Waals surface area contributed by atoms with E-state index in [2.05, 4.69) is 16.7 Å². The Morgan fingerprint density at radius 2 is 1.79 bits per heavy atom. The van der Waals surface area contributed by atoms with Gasteiger partial charge in [-0.1, -0.05) is 44.2 Å². The van der Waals surface area contributed by atoms with E-state index < -0.39 is 29.2 Å². The van der Waals surface area contributed by atoms with Crippen LogP contribution >= 0.6 is 11.3 Å². The number of carboxylic acids is 1. The molecule has 1 heterocycles. The second kappa shape index (κ2) is 13.1. The van der Waals surface area contributed by atoms with Crippen molar-refractivity contribution < 1.29 is 28.6 Å². The summed E-state index contributed by atoms with van der Waals surface area (Å²) in [6.45, 7) is 8.88. The van der Waals surface area contributed by atoms with Crippen molar-refractivity contribution in [2.24, 2.45) is 5.41 Å². The predicted molar refractivity (Wildman–Crippen MR) is 151 cm³/mol. The maximum atomic E-state index is 14.5. The number of nitrogens with zero attached hydrogens (tertiary/aromatic N) is 1. The van der Waals surface area contributed by atoms with Crippen molar-refractivity contribution in [3.05, 3.63) is 87.4 Å². The van der Waals surface area contributed by atoms with Gasteiger partial charge in [0.15, 0.2) is 11.6 Å². The summed E-state index contributed by atoms with van der Waals surface area (Å²) in [5.41, 5.74) is 1.01. The van der Waals surface area contributed by atoms with E-state index >= 15 is 0 Å². The zero-order valence-electron chi connectivity index (χ0n) is 22.2. The molecule has 0 fully saturated rings. The van der Waals surface area contributed by atoms with Crippen LogP contribution in [0.1, 0.15) is 59.3 Å². The number of thiophene rings is 1. The highest BCUT2D eigenvalue weighted by molar-refractivity contribution is 7.14. The van der Waals surface area contributed by atoms with E-state index in [0.29, 0.717) is 30.5 Å². The molecule has 1 amide bonds. The van der Waals surface area contributed by atoms with Crippen molar-refractivity contribution in [3.8, 4) is 5.75 Å². The minimum absolute atomic E-state index is 0.166. The first kappa shape index (κ1) is 29.5. The Balaban J connectivity index is 1.73. The Kier molecular flexibility index (Phi) is 9.93. The summed E-state index contributed by atoms with van der Waals surface area (Å²) >= 11 is 1.16. The highest BCUT2D eigenvalue weighted by Crippen LogP contribution is 2.34. The fourth-order valence-electron chi connectivity index (χ4n) is 4.23. The minimum Gasteiger partial charge on any atom is -0.480 e. The fourth-order valence-corrected chi connectivity index (χ4v) is 5.26. The Morgan fingerprint density at radius 1 is 1.10 bits per heavy atom. The van der Waals surface area contributed by atoms with Gasteiger partial charge in [-0.05, 0) is 55.2 Å². The van der Waals surface area contributed by atoms with Gasteiger partial charge in [0.2, 0.25) is 5.91 Å². The van der Waals surface area contributed by atoms with Crippen LogP contribution in [0.3, 0.4) is 0 Å². The van der Waals surface area contributed by atoms with E-state index in [1.807, 2.05) is 44.2 Å². The summed E-state index contributed by atoms with van der Waals surface area (Å²) in [6.07, 6.45) is 1.42. The van der Waals surface area contributed by atoms with Gasteiger partial charge < -0.3 is 15.2 Å². The van der Waals surface area contributed by atoms with Crippen LogP contribution in [0.15, 0.2) is 60.7 Å². The molecule has 1 unspecified atom stereocenters. The number of halogens is 1. The average Bonchev–Trinajstić information content (AvgIpc) is 3.41. The van der Waals surface area contributed by atoms with Crippen molar-refractivity contribution in [3.63, 3.8) is 0 Å². The van der Waals surface area contributed by atoms with E-state index in [4.69, 9.17) is 4.74 Å². The molecule has 3 rings (SSSR count). The second-order valence-corrected chi connectivity index (χ2v) is 10.4. The molecule has 0 saturated heterocycles. The van der Waals surface area contributed by atoms with E-state index in [-0.39, 0.29) is 23.0 Å². The van der Waals surface area contributed by atoms with Gasteiger partial charge in [0, 0.05) is 18.2 Å². The maximum absolute atomic E-state index is 14.5. The lowest BCUT2D eigenvalue weighted by Crippen LogP contribution is -2.50. The summed E-state index contributed by atoms with van der Waals surface area (Å²) in [4.78, 5) is 39.1. The highest BCUT2D eigenvalue weighted by atomic mass is 32.1. The third-order valence-corrected chi connectivity index (χ3v) is 7.95. The first-order valence-electron chi connectivity index (χ1n) is 12.6. The van der Waals surface area contributed by atoms with Gasteiger partial charge in [0.1, 0.15) is 10.9 Å². The third kappa shape index (κ3) is 7.28. The Labute approximate surface area is 231 Å². The van der Waals surface area contributed by atoms with E-state index in [1.165, 1.54) is 12.1 Å². The summed E-state index contributed by atoms with van der Waals surface area (Å²) in [6, 6.07) is 15.5. The number of nitrogens with one attached hydrogen (secondary N) is 1. The number of hydrogen-bond donors (Lipinski definition) is 2. The number of ether oxygens (including phenoxy) is 1. The monoisotopic (exact) mass is 551 g/mol. The molecule has 0 aliphatic carbocycles. The molecule has 0 spiro atoms. The number of aliphatic carboxylic acids is 1. The molecule has 0 aliphatic heterocycles. The third-order valence-electron chi connectivity index (χ3n) is 6.89. The molecule has 9 heteroatoms. The number of carbonyl (C=O) groups is 3. The van der Waals surface area contributed by atoms with Gasteiger partial charge in [-0.3, -0.25) is 4.79 Å². The number of rotatable bonds is 12. The molecule has 0 radical (unpaired) electrons. The SMILES string of the molecule is C=[N+]=C(C)c1ccc(OC(=O)c2ccc(CC(CC)(CC)C(=O)NC(Cc3ccccc3)C(=O)O)s2)c(F)c1. The zero-order valence-corrected chi connectivity index (χ0v) is 23.0. The van der Waals surface area contributed by atoms with Gasteiger partial charge in [0.25, 0.3) is 6.72 Å². The quantitative estimate of drug-likeness (QED) is 0.145. The molecule has 2 aromatic carbocycles. The second-order valence-electron chi connectivity index (χ2n) is 9.26. The van der Waals surface area contributed by atoms with Gasteiger partial charge in [-0.2, -0.15) is 0 Å². The average molecular weight is 552 g/mol. The molecule has 7 nitrogen and oxygen atoms in total. The van der Waals surface area contributed by atoms with E-state index in [0.717, 1.165) is 21.8 Å². The first-order valence-corrected chi connectivity index (χ1v) is 13.4. The topological polar surface area (TPSA) is 107 Å². The first-order chi connectivity index (χ1) is 18.6. The van der Waals surface area contributed by atoms with Crippen molar-refractivity contribution in [1.29, 1.82) is 0 Å². The van der Waals surface area contributed by atoms with Crippen LogP contribution in [0.25, 0.3) is 0 Å². The van der Waals surface area contributed by atoms with Gasteiger partial charge in [0.05, 0.1) is 11.0 Å². The van der Waals surface area contributed by atoms with Gasteiger partial charge in [-0.25, -0.2) is 14.0 Å². The molecule has 0 saturated carbocycles. The summed E-state index contributed by atoms with van der Waals surface area (Å²) in [7, 11) is 0. The van der Waals surface area contributed by atoms with Crippen LogP contribution in [-0.2, 0) is 22.4 Å². The predicted octanol–water partition coefficient (Wildman–Crippen LogP) is 4.84. The van der Waals surface area contributed by atoms with Crippen LogP contribution < -0.4 is 14.7 Å². The maximum Gasteiger partial charge on any atom is 0.353 e. The number of carboxylic acid groups (broad SMARTS) is 1. The molecule has 3 aromatic rings. The van der Waals surface area contributed by atoms with Crippen molar-refractivity contribution in [2.45, 2.75) is 52.5 Å². The molecule has 204 valence electrons. The van der Waals surface area contributed by atoms with Gasteiger partial charge >= 0.3 is 17.7 Å². The fraction of sp³-hybridized carbons (Fsp3) is 0.300. The molecular formula is C30H32FN2O5S+. The number of hydrogen-bond acceptors (Lipinski definition) is 5. The number of esters is 1. The van der Waals surface area contributed by atoms with Crippen molar-refractivity contribution in [2.75, 3.05) is 0 Å². The van der Waals surface area contributed by atoms with Crippen molar-refractivity contribution >= 4 is 41.6 Å². The standard InChI is InChI=1S/C30H31FN2O5S/c1-5-30(6-2,29(37)33-24(27(34)35)16-20-10-8-7-9-11-20)18-22-13-15-26(39-22)28(36)38-25-14-12-21(17-23(25)31)19(3)32-4/h7-15,17,24H,4-6,16,18H2,1-3H3,(H-,33,34,35,37)/p+1. The lowest BCUT2D eigenvalue weighted by Gasteiger charge is -2.31. The van der Waals surface area contributed by atoms with Crippen molar-refractivity contribution in [1.82, 2.24) is 9.98 Å². The van der Waals surface area contributed by atoms with E-state index in [1.54, 1.807) is 25.1 Å².